The van der Waals surface area contributed by atoms with E-state index in [1.54, 1.807) is 0 Å². The Morgan fingerprint density at radius 1 is 0.737 bits per heavy atom. The molecule has 0 radical (unpaired) electrons. The summed E-state index contributed by atoms with van der Waals surface area (Å²) in [6.45, 7) is 18.0. The minimum Gasteiger partial charge on any atom is -0.411 e. The van der Waals surface area contributed by atoms with Gasteiger partial charge in [0.25, 0.3) is 0 Å². The SMILES string of the molecule is CC(C)CC(C)C(C)C(=NO)C(C)C(C)CC(C)C. The predicted octanol–water partition coefficient (Wildman–Crippen LogP) is 5.45. The van der Waals surface area contributed by atoms with E-state index in [0.717, 1.165) is 5.71 Å². The lowest BCUT2D eigenvalue weighted by Crippen LogP contribution is -2.30. The van der Waals surface area contributed by atoms with Gasteiger partial charge < -0.3 is 5.21 Å². The molecule has 0 aliphatic carbocycles. The summed E-state index contributed by atoms with van der Waals surface area (Å²) in [4.78, 5) is 0. The molecule has 2 heteroatoms. The van der Waals surface area contributed by atoms with Gasteiger partial charge in [-0.3, -0.25) is 0 Å². The lowest BCUT2D eigenvalue weighted by molar-refractivity contribution is 0.287. The van der Waals surface area contributed by atoms with E-state index in [1.807, 2.05) is 0 Å². The number of hydrogen-bond acceptors (Lipinski definition) is 2. The van der Waals surface area contributed by atoms with Crippen LogP contribution in [0.2, 0.25) is 0 Å². The molecule has 0 amide bonds. The van der Waals surface area contributed by atoms with Crippen molar-refractivity contribution < 1.29 is 5.21 Å². The first-order valence-corrected chi connectivity index (χ1v) is 7.92. The van der Waals surface area contributed by atoms with Crippen LogP contribution in [0.3, 0.4) is 0 Å². The van der Waals surface area contributed by atoms with Crippen molar-refractivity contribution in [2.75, 3.05) is 0 Å². The van der Waals surface area contributed by atoms with E-state index in [-0.39, 0.29) is 0 Å². The number of hydrogen-bond donors (Lipinski definition) is 1. The molecule has 0 aromatic rings. The second-order valence-electron chi connectivity index (χ2n) is 7.32. The van der Waals surface area contributed by atoms with Crippen LogP contribution in [0, 0.1) is 35.5 Å². The average Bonchev–Trinajstić information content (AvgIpc) is 2.27. The molecule has 0 aliphatic rings. The van der Waals surface area contributed by atoms with Gasteiger partial charge in [-0.15, -0.1) is 0 Å². The van der Waals surface area contributed by atoms with Crippen molar-refractivity contribution in [3.63, 3.8) is 0 Å². The molecule has 0 saturated carbocycles. The fourth-order valence-corrected chi connectivity index (χ4v) is 3.08. The van der Waals surface area contributed by atoms with Crippen LogP contribution in [0.1, 0.15) is 68.2 Å². The first-order valence-electron chi connectivity index (χ1n) is 7.92. The summed E-state index contributed by atoms with van der Waals surface area (Å²) in [5.41, 5.74) is 0.987. The zero-order valence-corrected chi connectivity index (χ0v) is 14.3. The Hall–Kier alpha value is -0.530. The molecule has 0 heterocycles. The normalized spacial score (nSPS) is 18.2. The molecule has 1 N–H and O–H groups in total. The second-order valence-corrected chi connectivity index (χ2v) is 7.32. The number of rotatable bonds is 8. The summed E-state index contributed by atoms with van der Waals surface area (Å²) >= 11 is 0. The largest absolute Gasteiger partial charge is 0.411 e. The Bertz CT molecular complexity index is 246. The molecule has 2 nitrogen and oxygen atoms in total. The highest BCUT2D eigenvalue weighted by Crippen LogP contribution is 2.29. The summed E-state index contributed by atoms with van der Waals surface area (Å²) in [5.74, 6) is 3.25. The number of nitrogens with zero attached hydrogens (tertiary/aromatic N) is 1. The Morgan fingerprint density at radius 3 is 1.26 bits per heavy atom. The van der Waals surface area contributed by atoms with E-state index < -0.39 is 0 Å². The van der Waals surface area contributed by atoms with Crippen molar-refractivity contribution in [1.29, 1.82) is 0 Å². The highest BCUT2D eigenvalue weighted by molar-refractivity contribution is 5.88. The molecule has 0 spiro atoms. The van der Waals surface area contributed by atoms with E-state index in [2.05, 4.69) is 60.5 Å². The summed E-state index contributed by atoms with van der Waals surface area (Å²) in [7, 11) is 0. The molecule has 4 atom stereocenters. The molecular formula is C17H35NO. The van der Waals surface area contributed by atoms with Crippen LogP contribution in [-0.2, 0) is 0 Å². The molecule has 4 unspecified atom stereocenters. The molecule has 19 heavy (non-hydrogen) atoms. The predicted molar refractivity (Wildman–Crippen MR) is 84.8 cm³/mol. The van der Waals surface area contributed by atoms with E-state index in [0.29, 0.717) is 35.5 Å². The van der Waals surface area contributed by atoms with Crippen LogP contribution in [0.4, 0.5) is 0 Å². The minimum absolute atomic E-state index is 0.358. The summed E-state index contributed by atoms with van der Waals surface area (Å²) in [6, 6.07) is 0. The lowest BCUT2D eigenvalue weighted by Gasteiger charge is -2.29. The maximum atomic E-state index is 9.42. The average molecular weight is 269 g/mol. The minimum atomic E-state index is 0.358. The van der Waals surface area contributed by atoms with E-state index in [9.17, 15) is 5.21 Å². The van der Waals surface area contributed by atoms with Crippen LogP contribution in [0.5, 0.6) is 0 Å². The fraction of sp³-hybridized carbons (Fsp3) is 0.941. The smallest absolute Gasteiger partial charge is 0.0632 e. The zero-order valence-electron chi connectivity index (χ0n) is 14.3. The van der Waals surface area contributed by atoms with Crippen LogP contribution in [-0.4, -0.2) is 10.9 Å². The molecule has 0 bridgehead atoms. The third-order valence-corrected chi connectivity index (χ3v) is 4.44. The monoisotopic (exact) mass is 269 g/mol. The van der Waals surface area contributed by atoms with Crippen molar-refractivity contribution in [1.82, 2.24) is 0 Å². The Kier molecular flexibility index (Phi) is 8.36. The highest BCUT2D eigenvalue weighted by Gasteiger charge is 2.27. The summed E-state index contributed by atoms with van der Waals surface area (Å²) < 4.78 is 0. The van der Waals surface area contributed by atoms with Crippen LogP contribution in [0.15, 0.2) is 5.16 Å². The van der Waals surface area contributed by atoms with Gasteiger partial charge in [0, 0.05) is 11.8 Å². The molecule has 0 aromatic carbocycles. The maximum Gasteiger partial charge on any atom is 0.0632 e. The summed E-state index contributed by atoms with van der Waals surface area (Å²) in [5, 5.41) is 13.1. The van der Waals surface area contributed by atoms with E-state index >= 15 is 0 Å². The van der Waals surface area contributed by atoms with Gasteiger partial charge in [0.2, 0.25) is 0 Å². The summed E-state index contributed by atoms with van der Waals surface area (Å²) in [6.07, 6.45) is 2.37. The van der Waals surface area contributed by atoms with Gasteiger partial charge in [-0.1, -0.05) is 60.5 Å². The van der Waals surface area contributed by atoms with Gasteiger partial charge >= 0.3 is 0 Å². The van der Waals surface area contributed by atoms with Gasteiger partial charge in [0.05, 0.1) is 5.71 Å². The topological polar surface area (TPSA) is 32.6 Å². The molecule has 0 fully saturated rings. The van der Waals surface area contributed by atoms with Crippen molar-refractivity contribution in [2.45, 2.75) is 68.2 Å². The van der Waals surface area contributed by atoms with Gasteiger partial charge in [-0.25, -0.2) is 0 Å². The van der Waals surface area contributed by atoms with Gasteiger partial charge in [-0.2, -0.15) is 0 Å². The number of oxime groups is 1. The van der Waals surface area contributed by atoms with Crippen LogP contribution < -0.4 is 0 Å². The van der Waals surface area contributed by atoms with E-state index in [4.69, 9.17) is 0 Å². The quantitative estimate of drug-likeness (QED) is 0.354. The molecule has 0 aromatic heterocycles. The maximum absolute atomic E-state index is 9.42. The van der Waals surface area contributed by atoms with Crippen molar-refractivity contribution in [3.05, 3.63) is 0 Å². The fourth-order valence-electron chi connectivity index (χ4n) is 3.08. The first-order chi connectivity index (χ1) is 8.70. The third kappa shape index (κ3) is 6.44. The Morgan fingerprint density at radius 2 is 1.05 bits per heavy atom. The van der Waals surface area contributed by atoms with Crippen molar-refractivity contribution >= 4 is 5.71 Å². The molecule has 0 aliphatic heterocycles. The molecular weight excluding hydrogens is 234 g/mol. The first kappa shape index (κ1) is 18.5. The highest BCUT2D eigenvalue weighted by atomic mass is 16.4. The van der Waals surface area contributed by atoms with Crippen LogP contribution >= 0.6 is 0 Å². The van der Waals surface area contributed by atoms with Crippen LogP contribution in [0.25, 0.3) is 0 Å². The van der Waals surface area contributed by atoms with Gasteiger partial charge in [0.15, 0.2) is 0 Å². The van der Waals surface area contributed by atoms with Gasteiger partial charge in [0.1, 0.15) is 0 Å². The van der Waals surface area contributed by atoms with Gasteiger partial charge in [-0.05, 0) is 36.5 Å². The Balaban J connectivity index is 4.72. The molecule has 114 valence electrons. The Labute approximate surface area is 120 Å². The third-order valence-electron chi connectivity index (χ3n) is 4.44. The lowest BCUT2D eigenvalue weighted by atomic mass is 9.76. The zero-order chi connectivity index (χ0) is 15.2. The van der Waals surface area contributed by atoms with E-state index in [1.165, 1.54) is 12.8 Å². The van der Waals surface area contributed by atoms with Crippen molar-refractivity contribution in [2.24, 2.45) is 40.7 Å². The standard InChI is InChI=1S/C17H35NO/c1-11(2)9-13(5)15(7)17(18-19)16(8)14(6)10-12(3)4/h11-16,19H,9-10H2,1-8H3. The second kappa shape index (κ2) is 8.60. The molecule has 0 saturated heterocycles. The molecule has 0 rings (SSSR count). The van der Waals surface area contributed by atoms with Crippen molar-refractivity contribution in [3.8, 4) is 0 Å².